The molecule has 0 bridgehead atoms. The molecule has 4 heteroatoms. The molecular formula is C11H19NO3. The third kappa shape index (κ3) is 4.63. The number of allylic oxidation sites excluding steroid dienone is 1. The number of rotatable bonds is 5. The van der Waals surface area contributed by atoms with E-state index >= 15 is 0 Å². The van der Waals surface area contributed by atoms with E-state index < -0.39 is 12.2 Å². The summed E-state index contributed by atoms with van der Waals surface area (Å²) in [5.74, 6) is -0.173. The van der Waals surface area contributed by atoms with Crippen LogP contribution in [0.2, 0.25) is 0 Å². The van der Waals surface area contributed by atoms with Crippen molar-refractivity contribution in [2.75, 3.05) is 13.1 Å². The van der Waals surface area contributed by atoms with Crippen LogP contribution in [-0.2, 0) is 9.53 Å². The lowest BCUT2D eigenvalue weighted by atomic mass is 10.2. The topological polar surface area (TPSA) is 46.6 Å². The molecule has 4 nitrogen and oxygen atoms in total. The molecule has 0 radical (unpaired) electrons. The van der Waals surface area contributed by atoms with Crippen molar-refractivity contribution in [2.45, 2.75) is 33.8 Å². The second kappa shape index (κ2) is 7.04. The molecule has 0 aliphatic carbocycles. The highest BCUT2D eigenvalue weighted by molar-refractivity contribution is 5.84. The molecule has 15 heavy (non-hydrogen) atoms. The van der Waals surface area contributed by atoms with Gasteiger partial charge >= 0.3 is 6.09 Å². The second-order valence-corrected chi connectivity index (χ2v) is 3.11. The molecule has 0 aromatic heterocycles. The molecule has 1 amide bonds. The Bertz CT molecular complexity index is 244. The van der Waals surface area contributed by atoms with Crippen molar-refractivity contribution in [3.05, 3.63) is 12.2 Å². The van der Waals surface area contributed by atoms with Crippen molar-refractivity contribution in [1.82, 2.24) is 4.90 Å². The van der Waals surface area contributed by atoms with E-state index in [1.807, 2.05) is 13.8 Å². The van der Waals surface area contributed by atoms with Crippen LogP contribution in [0.5, 0.6) is 0 Å². The van der Waals surface area contributed by atoms with Gasteiger partial charge < -0.3 is 9.64 Å². The normalized spacial score (nSPS) is 12.5. The van der Waals surface area contributed by atoms with E-state index in [9.17, 15) is 9.59 Å². The molecule has 0 aromatic rings. The van der Waals surface area contributed by atoms with Crippen molar-refractivity contribution in [3.8, 4) is 0 Å². The van der Waals surface area contributed by atoms with Gasteiger partial charge in [0.2, 0.25) is 0 Å². The van der Waals surface area contributed by atoms with Gasteiger partial charge in [0, 0.05) is 13.1 Å². The SMILES string of the molecule is C/C=C/C(OC(=O)N(CC)CC)C(C)=O. The van der Waals surface area contributed by atoms with Gasteiger partial charge in [-0.1, -0.05) is 6.08 Å². The van der Waals surface area contributed by atoms with Crippen molar-refractivity contribution in [1.29, 1.82) is 0 Å². The highest BCUT2D eigenvalue weighted by Crippen LogP contribution is 2.02. The van der Waals surface area contributed by atoms with Gasteiger partial charge in [0.05, 0.1) is 0 Å². The Morgan fingerprint density at radius 1 is 1.33 bits per heavy atom. The van der Waals surface area contributed by atoms with Gasteiger partial charge in [0.25, 0.3) is 0 Å². The van der Waals surface area contributed by atoms with Crippen LogP contribution in [-0.4, -0.2) is 36.0 Å². The Morgan fingerprint density at radius 3 is 2.20 bits per heavy atom. The van der Waals surface area contributed by atoms with Gasteiger partial charge in [-0.25, -0.2) is 4.79 Å². The molecular weight excluding hydrogens is 194 g/mol. The molecule has 0 N–H and O–H groups in total. The molecule has 0 fully saturated rings. The Balaban J connectivity index is 4.40. The molecule has 0 aliphatic heterocycles. The summed E-state index contributed by atoms with van der Waals surface area (Å²) in [4.78, 5) is 24.2. The Morgan fingerprint density at radius 2 is 1.87 bits per heavy atom. The van der Waals surface area contributed by atoms with Gasteiger partial charge in [-0.3, -0.25) is 4.79 Å². The smallest absolute Gasteiger partial charge is 0.410 e. The van der Waals surface area contributed by atoms with E-state index in [-0.39, 0.29) is 5.78 Å². The first kappa shape index (κ1) is 13.7. The molecule has 0 spiro atoms. The molecule has 0 saturated heterocycles. The first-order valence-corrected chi connectivity index (χ1v) is 5.15. The molecule has 1 atom stereocenters. The summed E-state index contributed by atoms with van der Waals surface area (Å²) >= 11 is 0. The zero-order valence-electron chi connectivity index (χ0n) is 9.82. The van der Waals surface area contributed by atoms with Gasteiger partial charge in [0.1, 0.15) is 0 Å². The quantitative estimate of drug-likeness (QED) is 0.656. The monoisotopic (exact) mass is 213 g/mol. The molecule has 0 heterocycles. The summed E-state index contributed by atoms with van der Waals surface area (Å²) < 4.78 is 5.05. The van der Waals surface area contributed by atoms with Crippen molar-refractivity contribution < 1.29 is 14.3 Å². The fraction of sp³-hybridized carbons (Fsp3) is 0.636. The predicted molar refractivity (Wildman–Crippen MR) is 58.7 cm³/mol. The van der Waals surface area contributed by atoms with Gasteiger partial charge in [-0.2, -0.15) is 0 Å². The van der Waals surface area contributed by atoms with Crippen LogP contribution in [0.4, 0.5) is 4.79 Å². The maximum Gasteiger partial charge on any atom is 0.410 e. The van der Waals surface area contributed by atoms with Gasteiger partial charge in [-0.05, 0) is 33.8 Å². The highest BCUT2D eigenvalue weighted by Gasteiger charge is 2.18. The maximum absolute atomic E-state index is 11.5. The summed E-state index contributed by atoms with van der Waals surface area (Å²) in [6.45, 7) is 8.07. The van der Waals surface area contributed by atoms with E-state index in [0.717, 1.165) is 0 Å². The largest absolute Gasteiger partial charge is 0.434 e. The summed E-state index contributed by atoms with van der Waals surface area (Å²) in [7, 11) is 0. The van der Waals surface area contributed by atoms with Crippen LogP contribution in [0.3, 0.4) is 0 Å². The Hall–Kier alpha value is -1.32. The number of Topliss-reactive ketones (excluding diaryl/α,β-unsaturated/α-hetero) is 1. The van der Waals surface area contributed by atoms with Crippen molar-refractivity contribution in [3.63, 3.8) is 0 Å². The third-order valence-electron chi connectivity index (χ3n) is 2.02. The van der Waals surface area contributed by atoms with E-state index in [1.165, 1.54) is 11.8 Å². The van der Waals surface area contributed by atoms with Crippen molar-refractivity contribution in [2.24, 2.45) is 0 Å². The molecule has 1 unspecified atom stereocenters. The fourth-order valence-electron chi connectivity index (χ4n) is 1.10. The molecule has 0 aliphatic rings. The predicted octanol–water partition coefficient (Wildman–Crippen LogP) is 2.00. The summed E-state index contributed by atoms with van der Waals surface area (Å²) in [5.41, 5.74) is 0. The number of carbonyl (C=O) groups is 2. The zero-order valence-corrected chi connectivity index (χ0v) is 9.82. The summed E-state index contributed by atoms with van der Waals surface area (Å²) in [6, 6.07) is 0. The zero-order chi connectivity index (χ0) is 11.8. The molecule has 0 saturated carbocycles. The van der Waals surface area contributed by atoms with Crippen LogP contribution in [0.1, 0.15) is 27.7 Å². The Kier molecular flexibility index (Phi) is 6.42. The minimum Gasteiger partial charge on any atom is -0.434 e. The van der Waals surface area contributed by atoms with E-state index in [4.69, 9.17) is 4.74 Å². The number of ether oxygens (including phenoxy) is 1. The van der Waals surface area contributed by atoms with Crippen LogP contribution in [0.15, 0.2) is 12.2 Å². The lowest BCUT2D eigenvalue weighted by Gasteiger charge is -2.20. The first-order chi connectivity index (χ1) is 7.06. The number of amides is 1. The van der Waals surface area contributed by atoms with Crippen LogP contribution < -0.4 is 0 Å². The van der Waals surface area contributed by atoms with Crippen molar-refractivity contribution >= 4 is 11.9 Å². The highest BCUT2D eigenvalue weighted by atomic mass is 16.6. The van der Waals surface area contributed by atoms with E-state index in [2.05, 4.69) is 0 Å². The number of ketones is 1. The third-order valence-corrected chi connectivity index (χ3v) is 2.02. The number of hydrogen-bond donors (Lipinski definition) is 0. The lowest BCUT2D eigenvalue weighted by Crippen LogP contribution is -2.35. The molecule has 0 aromatic carbocycles. The van der Waals surface area contributed by atoms with Crippen LogP contribution in [0, 0.1) is 0 Å². The second-order valence-electron chi connectivity index (χ2n) is 3.11. The Labute approximate surface area is 90.9 Å². The lowest BCUT2D eigenvalue weighted by molar-refractivity contribution is -0.123. The van der Waals surface area contributed by atoms with Gasteiger partial charge in [0.15, 0.2) is 11.9 Å². The fourth-order valence-corrected chi connectivity index (χ4v) is 1.10. The number of hydrogen-bond acceptors (Lipinski definition) is 3. The van der Waals surface area contributed by atoms with E-state index in [0.29, 0.717) is 13.1 Å². The summed E-state index contributed by atoms with van der Waals surface area (Å²) in [5, 5.41) is 0. The molecule has 86 valence electrons. The summed E-state index contributed by atoms with van der Waals surface area (Å²) in [6.07, 6.45) is 2.06. The maximum atomic E-state index is 11.5. The average Bonchev–Trinajstić information content (AvgIpc) is 2.18. The number of nitrogens with zero attached hydrogens (tertiary/aromatic N) is 1. The van der Waals surface area contributed by atoms with Crippen LogP contribution in [0.25, 0.3) is 0 Å². The average molecular weight is 213 g/mol. The standard InChI is InChI=1S/C11H19NO3/c1-5-8-10(9(4)13)15-11(14)12(6-2)7-3/h5,8,10H,6-7H2,1-4H3/b8-5+. The minimum absolute atomic E-state index is 0.173. The minimum atomic E-state index is -0.761. The van der Waals surface area contributed by atoms with Gasteiger partial charge in [-0.15, -0.1) is 0 Å². The first-order valence-electron chi connectivity index (χ1n) is 5.15. The van der Waals surface area contributed by atoms with E-state index in [1.54, 1.807) is 19.1 Å². The van der Waals surface area contributed by atoms with Crippen LogP contribution >= 0.6 is 0 Å². The number of carbonyl (C=O) groups excluding carboxylic acids is 2. The molecule has 0 rings (SSSR count).